The molecule has 0 radical (unpaired) electrons. The monoisotopic (exact) mass is 437 g/mol. The van der Waals surface area contributed by atoms with Crippen LogP contribution in [0.2, 0.25) is 0 Å². The van der Waals surface area contributed by atoms with E-state index in [2.05, 4.69) is 44.5 Å². The summed E-state index contributed by atoms with van der Waals surface area (Å²) in [7, 11) is 0. The van der Waals surface area contributed by atoms with Gasteiger partial charge in [0, 0.05) is 22.4 Å². The van der Waals surface area contributed by atoms with Gasteiger partial charge in [0.15, 0.2) is 5.96 Å². The van der Waals surface area contributed by atoms with Gasteiger partial charge in [-0.05, 0) is 60.0 Å². The van der Waals surface area contributed by atoms with Gasteiger partial charge in [-0.25, -0.2) is 0 Å². The number of guanidine groups is 1. The number of ether oxygens (including phenoxy) is 1. The molecule has 1 aromatic carbocycles. The number of rotatable bonds is 9. The van der Waals surface area contributed by atoms with Gasteiger partial charge in [0.1, 0.15) is 18.5 Å². The fourth-order valence-electron chi connectivity index (χ4n) is 1.59. The van der Waals surface area contributed by atoms with Crippen molar-refractivity contribution in [1.29, 1.82) is 0 Å². The molecule has 0 saturated heterocycles. The van der Waals surface area contributed by atoms with Gasteiger partial charge in [-0.2, -0.15) is 11.8 Å². The SMILES string of the molecule is CCNC(=NCC(O)COc1ccc(I)cc1)NCCSC. The Hall–Kier alpha value is -0.670. The molecule has 22 heavy (non-hydrogen) atoms. The summed E-state index contributed by atoms with van der Waals surface area (Å²) in [6.07, 6.45) is 1.44. The second-order valence-corrected chi connectivity index (χ2v) is 6.79. The lowest BCUT2D eigenvalue weighted by Crippen LogP contribution is -2.39. The first-order valence-corrected chi connectivity index (χ1v) is 9.70. The maximum atomic E-state index is 9.96. The average molecular weight is 437 g/mol. The minimum atomic E-state index is -0.629. The lowest BCUT2D eigenvalue weighted by Gasteiger charge is -2.13. The fourth-order valence-corrected chi connectivity index (χ4v) is 2.25. The lowest BCUT2D eigenvalue weighted by molar-refractivity contribution is 0.114. The van der Waals surface area contributed by atoms with E-state index >= 15 is 0 Å². The van der Waals surface area contributed by atoms with Crippen LogP contribution in [0.4, 0.5) is 0 Å². The Labute approximate surface area is 150 Å². The van der Waals surface area contributed by atoms with Crippen molar-refractivity contribution >= 4 is 40.3 Å². The summed E-state index contributed by atoms with van der Waals surface area (Å²) in [5.41, 5.74) is 0. The third-order valence-corrected chi connectivity index (χ3v) is 3.99. The second kappa shape index (κ2) is 11.8. The predicted octanol–water partition coefficient (Wildman–Crippen LogP) is 1.95. The molecule has 0 aliphatic heterocycles. The number of benzene rings is 1. The molecule has 1 unspecified atom stereocenters. The summed E-state index contributed by atoms with van der Waals surface area (Å²) in [6.45, 7) is 4.19. The second-order valence-electron chi connectivity index (χ2n) is 4.56. The normalized spacial score (nSPS) is 12.8. The Morgan fingerprint density at radius 2 is 2.09 bits per heavy atom. The number of hydrogen-bond acceptors (Lipinski definition) is 4. The molecule has 1 rings (SSSR count). The number of halogens is 1. The van der Waals surface area contributed by atoms with Crippen molar-refractivity contribution in [1.82, 2.24) is 10.6 Å². The van der Waals surface area contributed by atoms with Crippen LogP contribution in [0.3, 0.4) is 0 Å². The maximum absolute atomic E-state index is 9.96. The van der Waals surface area contributed by atoms with Crippen LogP contribution in [0.25, 0.3) is 0 Å². The van der Waals surface area contributed by atoms with E-state index in [1.165, 1.54) is 0 Å². The van der Waals surface area contributed by atoms with E-state index in [0.717, 1.165) is 34.1 Å². The molecule has 0 aliphatic rings. The first-order valence-electron chi connectivity index (χ1n) is 7.23. The minimum Gasteiger partial charge on any atom is -0.491 e. The Balaban J connectivity index is 2.35. The zero-order chi connectivity index (χ0) is 16.2. The van der Waals surface area contributed by atoms with Crippen LogP contribution in [-0.4, -0.2) is 55.4 Å². The quantitative estimate of drug-likeness (QED) is 0.239. The summed E-state index contributed by atoms with van der Waals surface area (Å²) in [4.78, 5) is 4.37. The van der Waals surface area contributed by atoms with Crippen molar-refractivity contribution in [3.8, 4) is 5.75 Å². The zero-order valence-electron chi connectivity index (χ0n) is 13.0. The lowest BCUT2D eigenvalue weighted by atomic mass is 10.3. The van der Waals surface area contributed by atoms with Gasteiger partial charge in [0.2, 0.25) is 0 Å². The summed E-state index contributed by atoms with van der Waals surface area (Å²) in [5, 5.41) is 16.3. The standard InChI is InChI=1S/C15H24IN3O2S/c1-3-17-15(18-8-9-22-2)19-10-13(20)11-21-14-6-4-12(16)5-7-14/h4-7,13,20H,3,8-11H2,1-2H3,(H2,17,18,19). The maximum Gasteiger partial charge on any atom is 0.191 e. The molecule has 1 aromatic rings. The highest BCUT2D eigenvalue weighted by Gasteiger charge is 2.06. The molecule has 0 fully saturated rings. The number of nitrogens with one attached hydrogen (secondary N) is 2. The first-order chi connectivity index (χ1) is 10.7. The van der Waals surface area contributed by atoms with E-state index in [1.807, 2.05) is 31.2 Å². The van der Waals surface area contributed by atoms with Gasteiger partial charge in [-0.3, -0.25) is 4.99 Å². The van der Waals surface area contributed by atoms with Crippen molar-refractivity contribution in [3.63, 3.8) is 0 Å². The van der Waals surface area contributed by atoms with Gasteiger partial charge in [0.05, 0.1) is 6.54 Å². The Morgan fingerprint density at radius 1 is 1.36 bits per heavy atom. The highest BCUT2D eigenvalue weighted by Crippen LogP contribution is 2.13. The molecule has 124 valence electrons. The topological polar surface area (TPSA) is 65.9 Å². The van der Waals surface area contributed by atoms with Crippen LogP contribution in [0.5, 0.6) is 5.75 Å². The third-order valence-electron chi connectivity index (χ3n) is 2.66. The molecule has 0 spiro atoms. The van der Waals surface area contributed by atoms with Crippen molar-refractivity contribution < 1.29 is 9.84 Å². The van der Waals surface area contributed by atoms with Gasteiger partial charge in [-0.1, -0.05) is 0 Å². The zero-order valence-corrected chi connectivity index (χ0v) is 16.0. The number of aliphatic imine (C=N–C) groups is 1. The van der Waals surface area contributed by atoms with Crippen molar-refractivity contribution in [2.75, 3.05) is 38.2 Å². The van der Waals surface area contributed by atoms with E-state index < -0.39 is 6.10 Å². The summed E-state index contributed by atoms with van der Waals surface area (Å²) < 4.78 is 6.70. The highest BCUT2D eigenvalue weighted by atomic mass is 127. The molecule has 0 heterocycles. The molecule has 3 N–H and O–H groups in total. The van der Waals surface area contributed by atoms with Crippen LogP contribution in [0, 0.1) is 3.57 Å². The molecule has 7 heteroatoms. The molecule has 0 bridgehead atoms. The van der Waals surface area contributed by atoms with E-state index in [1.54, 1.807) is 11.8 Å². The van der Waals surface area contributed by atoms with Gasteiger partial charge in [0.25, 0.3) is 0 Å². The highest BCUT2D eigenvalue weighted by molar-refractivity contribution is 14.1. The van der Waals surface area contributed by atoms with Crippen molar-refractivity contribution in [2.24, 2.45) is 4.99 Å². The predicted molar refractivity (Wildman–Crippen MR) is 103 cm³/mol. The number of aliphatic hydroxyl groups is 1. The van der Waals surface area contributed by atoms with Gasteiger partial charge >= 0.3 is 0 Å². The molecular formula is C15H24IN3O2S. The Bertz CT molecular complexity index is 443. The van der Waals surface area contributed by atoms with Crippen LogP contribution < -0.4 is 15.4 Å². The number of nitrogens with zero attached hydrogens (tertiary/aromatic N) is 1. The van der Waals surface area contributed by atoms with Gasteiger partial charge in [-0.15, -0.1) is 0 Å². The number of thioether (sulfide) groups is 1. The Kier molecular flexibility index (Phi) is 10.4. The molecule has 0 aliphatic carbocycles. The number of aliphatic hydroxyl groups excluding tert-OH is 1. The van der Waals surface area contributed by atoms with E-state index in [-0.39, 0.29) is 6.61 Å². The molecule has 1 atom stereocenters. The van der Waals surface area contributed by atoms with E-state index in [9.17, 15) is 5.11 Å². The molecule has 0 aromatic heterocycles. The summed E-state index contributed by atoms with van der Waals surface area (Å²) in [6, 6.07) is 7.73. The molecule has 0 amide bonds. The first kappa shape index (κ1) is 19.4. The van der Waals surface area contributed by atoms with Gasteiger partial charge < -0.3 is 20.5 Å². The minimum absolute atomic E-state index is 0.230. The van der Waals surface area contributed by atoms with Crippen LogP contribution in [0.1, 0.15) is 6.92 Å². The smallest absolute Gasteiger partial charge is 0.191 e. The van der Waals surface area contributed by atoms with Crippen molar-refractivity contribution in [2.45, 2.75) is 13.0 Å². The van der Waals surface area contributed by atoms with Crippen LogP contribution in [0.15, 0.2) is 29.3 Å². The number of hydrogen-bond donors (Lipinski definition) is 3. The van der Waals surface area contributed by atoms with E-state index in [0.29, 0.717) is 6.54 Å². The molecule has 5 nitrogen and oxygen atoms in total. The van der Waals surface area contributed by atoms with Crippen molar-refractivity contribution in [3.05, 3.63) is 27.8 Å². The third kappa shape index (κ3) is 8.70. The summed E-state index contributed by atoms with van der Waals surface area (Å²) in [5.74, 6) is 2.50. The largest absolute Gasteiger partial charge is 0.491 e. The average Bonchev–Trinajstić information content (AvgIpc) is 2.52. The van der Waals surface area contributed by atoms with E-state index in [4.69, 9.17) is 4.74 Å². The summed E-state index contributed by atoms with van der Waals surface area (Å²) >= 11 is 4.02. The van der Waals surface area contributed by atoms with Crippen LogP contribution in [-0.2, 0) is 0 Å². The molecular weight excluding hydrogens is 413 g/mol. The van der Waals surface area contributed by atoms with Crippen LogP contribution >= 0.6 is 34.4 Å². The molecule has 0 saturated carbocycles. The Morgan fingerprint density at radius 3 is 2.73 bits per heavy atom. The fraction of sp³-hybridized carbons (Fsp3) is 0.533.